The molecule has 0 fully saturated rings. The molecule has 3 N–H and O–H groups in total. The molecule has 4 heteroatoms. The molecule has 1 aromatic rings. The van der Waals surface area contributed by atoms with E-state index < -0.39 is 0 Å². The third-order valence-electron chi connectivity index (χ3n) is 2.89. The fourth-order valence-electron chi connectivity index (χ4n) is 1.13. The number of para-hydroxylation sites is 1. The number of likely N-dealkylation sites (N-methyl/N-ethyl adjacent to an activating group) is 1. The highest BCUT2D eigenvalue weighted by Gasteiger charge is 2.19. The van der Waals surface area contributed by atoms with Crippen LogP contribution in [0.5, 0.6) is 0 Å². The molecular weight excluding hydrogens is 212 g/mol. The van der Waals surface area contributed by atoms with Crippen molar-refractivity contribution in [3.63, 3.8) is 0 Å². The molecule has 17 heavy (non-hydrogen) atoms. The molecule has 0 unspecified atom stereocenters. The molecule has 0 heterocycles. The molecule has 0 saturated heterocycles. The minimum Gasteiger partial charge on any atom is -0.370 e. The first-order chi connectivity index (χ1) is 7.92. The van der Waals surface area contributed by atoms with Gasteiger partial charge in [-0.1, -0.05) is 18.2 Å². The van der Waals surface area contributed by atoms with Crippen molar-refractivity contribution in [1.29, 1.82) is 0 Å². The lowest BCUT2D eigenvalue weighted by Crippen LogP contribution is -2.41. The Morgan fingerprint density at radius 3 is 2.41 bits per heavy atom. The fraction of sp³-hybridized carbons (Fsp3) is 0.462. The van der Waals surface area contributed by atoms with E-state index in [1.54, 1.807) is 0 Å². The molecule has 1 aromatic carbocycles. The molecule has 0 aliphatic carbocycles. The maximum atomic E-state index is 5.83. The van der Waals surface area contributed by atoms with Gasteiger partial charge >= 0.3 is 0 Å². The molecule has 0 atom stereocenters. The van der Waals surface area contributed by atoms with Crippen LogP contribution < -0.4 is 11.1 Å². The summed E-state index contributed by atoms with van der Waals surface area (Å²) in [7, 11) is 4.08. The first-order valence-corrected chi connectivity index (χ1v) is 5.71. The molecule has 1 rings (SSSR count). The van der Waals surface area contributed by atoms with Crippen molar-refractivity contribution in [3.05, 3.63) is 30.3 Å². The number of rotatable bonds is 4. The summed E-state index contributed by atoms with van der Waals surface area (Å²) in [6, 6.07) is 9.80. The third kappa shape index (κ3) is 4.44. The SMILES string of the molecule is CN(C)C(C)(C)CN=C(N)Nc1ccccc1. The van der Waals surface area contributed by atoms with E-state index in [9.17, 15) is 0 Å². The van der Waals surface area contributed by atoms with Crippen LogP contribution >= 0.6 is 0 Å². The second-order valence-corrected chi connectivity index (χ2v) is 4.90. The van der Waals surface area contributed by atoms with Gasteiger partial charge in [0.25, 0.3) is 0 Å². The van der Waals surface area contributed by atoms with Crippen LogP contribution in [-0.2, 0) is 0 Å². The average molecular weight is 234 g/mol. The minimum absolute atomic E-state index is 0.00296. The fourth-order valence-corrected chi connectivity index (χ4v) is 1.13. The number of aliphatic imine (C=N–C) groups is 1. The van der Waals surface area contributed by atoms with E-state index in [-0.39, 0.29) is 5.54 Å². The summed E-state index contributed by atoms with van der Waals surface area (Å²) >= 11 is 0. The summed E-state index contributed by atoms with van der Waals surface area (Å²) < 4.78 is 0. The lowest BCUT2D eigenvalue weighted by atomic mass is 10.1. The zero-order valence-electron chi connectivity index (χ0n) is 11.1. The molecule has 0 radical (unpaired) electrons. The molecule has 4 nitrogen and oxygen atoms in total. The Kier molecular flexibility index (Phi) is 4.52. The molecule has 94 valence electrons. The van der Waals surface area contributed by atoms with Gasteiger partial charge in [0.05, 0.1) is 6.54 Å². The highest BCUT2D eigenvalue weighted by atomic mass is 15.2. The van der Waals surface area contributed by atoms with E-state index in [4.69, 9.17) is 5.73 Å². The maximum absolute atomic E-state index is 5.83. The van der Waals surface area contributed by atoms with Crippen LogP contribution in [0, 0.1) is 0 Å². The molecule has 0 aliphatic rings. The summed E-state index contributed by atoms with van der Waals surface area (Å²) in [6.07, 6.45) is 0. The smallest absolute Gasteiger partial charge is 0.193 e. The van der Waals surface area contributed by atoms with Crippen LogP contribution in [-0.4, -0.2) is 37.0 Å². The summed E-state index contributed by atoms with van der Waals surface area (Å²) in [5.74, 6) is 0.450. The van der Waals surface area contributed by atoms with Gasteiger partial charge in [-0.05, 0) is 40.1 Å². The van der Waals surface area contributed by atoms with Crippen LogP contribution in [0.2, 0.25) is 0 Å². The topological polar surface area (TPSA) is 53.6 Å². The number of nitrogens with one attached hydrogen (secondary N) is 1. The molecule has 0 amide bonds. The molecule has 0 aromatic heterocycles. The van der Waals surface area contributed by atoms with Gasteiger partial charge in [-0.15, -0.1) is 0 Å². The van der Waals surface area contributed by atoms with Crippen LogP contribution in [0.3, 0.4) is 0 Å². The van der Waals surface area contributed by atoms with E-state index in [0.29, 0.717) is 12.5 Å². The summed E-state index contributed by atoms with van der Waals surface area (Å²) in [6.45, 7) is 4.92. The Balaban J connectivity index is 2.56. The Morgan fingerprint density at radius 1 is 1.29 bits per heavy atom. The van der Waals surface area contributed by atoms with Gasteiger partial charge in [0, 0.05) is 11.2 Å². The molecule has 0 aliphatic heterocycles. The number of nitrogens with zero attached hydrogens (tertiary/aromatic N) is 2. The van der Waals surface area contributed by atoms with E-state index in [0.717, 1.165) is 5.69 Å². The van der Waals surface area contributed by atoms with Crippen molar-refractivity contribution in [3.8, 4) is 0 Å². The predicted molar refractivity (Wildman–Crippen MR) is 74.3 cm³/mol. The highest BCUT2D eigenvalue weighted by molar-refractivity contribution is 5.92. The Bertz CT molecular complexity index is 368. The summed E-state index contributed by atoms with van der Waals surface area (Å²) in [5, 5.41) is 3.06. The zero-order valence-corrected chi connectivity index (χ0v) is 11.1. The van der Waals surface area contributed by atoms with Crippen molar-refractivity contribution >= 4 is 11.6 Å². The lowest BCUT2D eigenvalue weighted by Gasteiger charge is -2.30. The van der Waals surface area contributed by atoms with Crippen LogP contribution in [0.1, 0.15) is 13.8 Å². The standard InChI is InChI=1S/C13H22N4/c1-13(2,17(3)4)10-15-12(14)16-11-8-6-5-7-9-11/h5-9H,10H2,1-4H3,(H3,14,15,16). The number of anilines is 1. The second-order valence-electron chi connectivity index (χ2n) is 4.90. The normalized spacial score (nSPS) is 12.9. The Labute approximate surface area is 104 Å². The van der Waals surface area contributed by atoms with Gasteiger partial charge in [-0.2, -0.15) is 0 Å². The minimum atomic E-state index is 0.00296. The number of benzene rings is 1. The van der Waals surface area contributed by atoms with Crippen molar-refractivity contribution in [2.75, 3.05) is 26.0 Å². The van der Waals surface area contributed by atoms with Crippen LogP contribution in [0.4, 0.5) is 5.69 Å². The van der Waals surface area contributed by atoms with Crippen LogP contribution in [0.15, 0.2) is 35.3 Å². The lowest BCUT2D eigenvalue weighted by molar-refractivity contribution is 0.205. The molecule has 0 bridgehead atoms. The van der Waals surface area contributed by atoms with Crippen molar-refractivity contribution < 1.29 is 0 Å². The highest BCUT2D eigenvalue weighted by Crippen LogP contribution is 2.10. The first kappa shape index (κ1) is 13.5. The molecule has 0 spiro atoms. The van der Waals surface area contributed by atoms with Crippen LogP contribution in [0.25, 0.3) is 0 Å². The number of hydrogen-bond acceptors (Lipinski definition) is 2. The number of guanidine groups is 1. The van der Waals surface area contributed by atoms with Crippen molar-refractivity contribution in [1.82, 2.24) is 4.90 Å². The number of nitrogens with two attached hydrogens (primary N) is 1. The first-order valence-electron chi connectivity index (χ1n) is 5.71. The van der Waals surface area contributed by atoms with Gasteiger partial charge < -0.3 is 16.0 Å². The van der Waals surface area contributed by atoms with E-state index in [1.807, 2.05) is 44.4 Å². The Morgan fingerprint density at radius 2 is 1.88 bits per heavy atom. The third-order valence-corrected chi connectivity index (χ3v) is 2.89. The van der Waals surface area contributed by atoms with Gasteiger partial charge in [0.15, 0.2) is 5.96 Å². The Hall–Kier alpha value is -1.55. The quantitative estimate of drug-likeness (QED) is 0.616. The second kappa shape index (κ2) is 5.68. The molecular formula is C13H22N4. The molecule has 0 saturated carbocycles. The van der Waals surface area contributed by atoms with Gasteiger partial charge in [-0.25, -0.2) is 0 Å². The largest absolute Gasteiger partial charge is 0.370 e. The van der Waals surface area contributed by atoms with E-state index in [1.165, 1.54) is 0 Å². The number of hydrogen-bond donors (Lipinski definition) is 2. The van der Waals surface area contributed by atoms with Crippen molar-refractivity contribution in [2.45, 2.75) is 19.4 Å². The van der Waals surface area contributed by atoms with Gasteiger partial charge in [-0.3, -0.25) is 4.99 Å². The van der Waals surface area contributed by atoms with Gasteiger partial charge in [0.2, 0.25) is 0 Å². The zero-order chi connectivity index (χ0) is 12.9. The maximum Gasteiger partial charge on any atom is 0.193 e. The predicted octanol–water partition coefficient (Wildman–Crippen LogP) is 1.75. The van der Waals surface area contributed by atoms with Gasteiger partial charge in [0.1, 0.15) is 0 Å². The van der Waals surface area contributed by atoms with E-state index in [2.05, 4.69) is 29.1 Å². The average Bonchev–Trinajstić information content (AvgIpc) is 2.28. The monoisotopic (exact) mass is 234 g/mol. The summed E-state index contributed by atoms with van der Waals surface area (Å²) in [4.78, 5) is 6.49. The van der Waals surface area contributed by atoms with Crippen molar-refractivity contribution in [2.24, 2.45) is 10.7 Å². The summed E-state index contributed by atoms with van der Waals surface area (Å²) in [5.41, 5.74) is 6.79. The van der Waals surface area contributed by atoms with E-state index >= 15 is 0 Å².